The third-order valence-electron chi connectivity index (χ3n) is 14.6. The lowest BCUT2D eigenvalue weighted by Gasteiger charge is -2.26. The first-order valence-electron chi connectivity index (χ1n) is 32.6. The quantitative estimate of drug-likeness (QED) is 0.0185. The van der Waals surface area contributed by atoms with E-state index < -0.39 is 5.97 Å². The van der Waals surface area contributed by atoms with Crippen LogP contribution in [0.4, 0.5) is 4.79 Å². The highest BCUT2D eigenvalue weighted by atomic mass is 16.6. The number of nitrogens with zero attached hydrogens (tertiary/aromatic N) is 2. The molecule has 0 aromatic heterocycles. The van der Waals surface area contributed by atoms with Crippen molar-refractivity contribution in [3.63, 3.8) is 0 Å². The summed E-state index contributed by atoms with van der Waals surface area (Å²) in [4.78, 5) is 72.8. The molecular formula is C66H126N2O13. The maximum Gasteiger partial charge on any atom is 0.410 e. The van der Waals surface area contributed by atoms with Crippen molar-refractivity contribution in [1.82, 2.24) is 9.80 Å². The smallest absolute Gasteiger partial charge is 0.410 e. The second kappa shape index (κ2) is 62.3. The van der Waals surface area contributed by atoms with Crippen LogP contribution in [0.1, 0.15) is 267 Å². The van der Waals surface area contributed by atoms with Gasteiger partial charge in [0.1, 0.15) is 12.9 Å². The first-order valence-corrected chi connectivity index (χ1v) is 32.6. The Balaban J connectivity index is -0.00000112. The minimum absolute atomic E-state index is 0.0901. The number of ether oxygens (including phenoxy) is 7. The molecule has 0 aromatic rings. The summed E-state index contributed by atoms with van der Waals surface area (Å²) in [5.74, 6) is 0.397. The Morgan fingerprint density at radius 3 is 1.58 bits per heavy atom. The van der Waals surface area contributed by atoms with Crippen LogP contribution >= 0.6 is 0 Å². The summed E-state index contributed by atoms with van der Waals surface area (Å²) in [6.07, 6.45) is 37.0. The van der Waals surface area contributed by atoms with E-state index in [0.717, 1.165) is 82.9 Å². The number of carbonyl (C=O) groups excluding carboxylic acids is 6. The van der Waals surface area contributed by atoms with E-state index in [-0.39, 0.29) is 68.6 Å². The first-order chi connectivity index (χ1) is 39.3. The molecule has 2 heterocycles. The number of rotatable bonds is 44. The van der Waals surface area contributed by atoms with E-state index >= 15 is 0 Å². The molecule has 2 aliphatic heterocycles. The van der Waals surface area contributed by atoms with Gasteiger partial charge < -0.3 is 47.8 Å². The zero-order valence-corrected chi connectivity index (χ0v) is 54.1. The lowest BCUT2D eigenvalue weighted by molar-refractivity contribution is -0.149. The molecule has 2 fully saturated rings. The minimum atomic E-state index is -0.395. The van der Waals surface area contributed by atoms with Gasteiger partial charge in [0.15, 0.2) is 0 Å². The second-order valence-electron chi connectivity index (χ2n) is 22.1. The standard InChI is InChI=1S/C23H40N2O7.C23H42O5.C9H18O.C9H20.C2H6/c1-4-18-7-8-19(12-24(2)11-18)15-32-23(28)25-9-5-6-21(25)16-31-22(27)10-20(13-29-3)14-30-17-26;1-5-7-9-11-12-14-16-22(24)28-19-21(17-23(25)26-4)18-27-20(3)15-13-10-8-6-2;1-2-3-4-5-6-7-8-9-10;1-3-5-7-9-8-6-4-2;1-2/h17-21H,4-16H2,1-3H3;21H,3,5-19H2,1-2,4H3;9H,2-8H2,1H3;3-9H2,1-2H3;1-2H3/t18-,19?,20?,21?;;;;/m1..../s1. The van der Waals surface area contributed by atoms with Gasteiger partial charge in [-0.1, -0.05) is 197 Å². The maximum atomic E-state index is 12.7. The van der Waals surface area contributed by atoms with Gasteiger partial charge in [-0.25, -0.2) is 4.79 Å². The summed E-state index contributed by atoms with van der Waals surface area (Å²) in [5, 5.41) is 0. The van der Waals surface area contributed by atoms with Crippen LogP contribution in [-0.4, -0.2) is 133 Å². The average molecular weight is 1160 g/mol. The molecule has 4 unspecified atom stereocenters. The lowest BCUT2D eigenvalue weighted by Crippen LogP contribution is -2.40. The maximum absolute atomic E-state index is 12.7. The SMILES string of the molecule is C=C(CCCCCC)OCC(COC(=O)CCCCCCCC)CC(=O)OC.CC.CCCCCCCCC.CCCCCCCCC=O.CC[C@@H]1CCC(COC(=O)N2CCCC2COC(=O)CC(COC)COC=O)CN(C)C1. The van der Waals surface area contributed by atoms with Crippen molar-refractivity contribution in [2.75, 3.05) is 80.5 Å². The van der Waals surface area contributed by atoms with Gasteiger partial charge in [0.2, 0.25) is 0 Å². The molecule has 0 N–H and O–H groups in total. The fraction of sp³-hybridized carbons (Fsp3) is 0.879. The molecule has 0 aliphatic carbocycles. The number of aldehydes is 1. The average Bonchev–Trinajstić information content (AvgIpc) is 3.87. The molecule has 1 amide bonds. The van der Waals surface area contributed by atoms with E-state index in [4.69, 9.17) is 33.2 Å². The highest BCUT2D eigenvalue weighted by molar-refractivity contribution is 5.71. The molecule has 2 saturated heterocycles. The molecule has 478 valence electrons. The van der Waals surface area contributed by atoms with E-state index in [1.165, 1.54) is 149 Å². The van der Waals surface area contributed by atoms with E-state index in [1.54, 1.807) is 4.90 Å². The number of allylic oxidation sites excluding steroid dienone is 1. The number of carbonyl (C=O) groups is 6. The largest absolute Gasteiger partial charge is 0.498 e. The molecule has 15 nitrogen and oxygen atoms in total. The number of hydrogen-bond donors (Lipinski definition) is 0. The predicted octanol–water partition coefficient (Wildman–Crippen LogP) is 16.0. The monoisotopic (exact) mass is 1150 g/mol. The Morgan fingerprint density at radius 2 is 1.04 bits per heavy atom. The van der Waals surface area contributed by atoms with Crippen LogP contribution < -0.4 is 0 Å². The van der Waals surface area contributed by atoms with Crippen LogP contribution in [0, 0.1) is 23.7 Å². The van der Waals surface area contributed by atoms with Gasteiger partial charge in [0.05, 0.1) is 64.8 Å². The molecule has 0 bridgehead atoms. The highest BCUT2D eigenvalue weighted by Crippen LogP contribution is 2.24. The molecule has 5 atom stereocenters. The molecule has 2 rings (SSSR count). The Labute approximate surface area is 496 Å². The van der Waals surface area contributed by atoms with E-state index in [0.29, 0.717) is 51.1 Å². The first kappa shape index (κ1) is 81.5. The van der Waals surface area contributed by atoms with Gasteiger partial charge in [-0.2, -0.15) is 0 Å². The van der Waals surface area contributed by atoms with Crippen molar-refractivity contribution in [1.29, 1.82) is 0 Å². The van der Waals surface area contributed by atoms with Crippen molar-refractivity contribution in [3.8, 4) is 0 Å². The number of amides is 1. The van der Waals surface area contributed by atoms with Gasteiger partial charge in [-0.05, 0) is 57.9 Å². The summed E-state index contributed by atoms with van der Waals surface area (Å²) >= 11 is 0. The molecule has 81 heavy (non-hydrogen) atoms. The highest BCUT2D eigenvalue weighted by Gasteiger charge is 2.32. The fourth-order valence-corrected chi connectivity index (χ4v) is 9.57. The number of unbranched alkanes of at least 4 members (excludes halogenated alkanes) is 20. The zero-order chi connectivity index (χ0) is 61.0. The summed E-state index contributed by atoms with van der Waals surface area (Å²) in [7, 11) is 5.02. The summed E-state index contributed by atoms with van der Waals surface area (Å²) < 4.78 is 36.7. The van der Waals surface area contributed by atoms with Crippen LogP contribution in [0.5, 0.6) is 0 Å². The van der Waals surface area contributed by atoms with Gasteiger partial charge in [-0.3, -0.25) is 19.2 Å². The van der Waals surface area contributed by atoms with Gasteiger partial charge in [0.25, 0.3) is 6.47 Å². The Hall–Kier alpha value is -3.72. The summed E-state index contributed by atoms with van der Waals surface area (Å²) in [6.45, 7) is 25.8. The van der Waals surface area contributed by atoms with Gasteiger partial charge >= 0.3 is 24.0 Å². The molecule has 0 saturated carbocycles. The summed E-state index contributed by atoms with van der Waals surface area (Å²) in [5.41, 5.74) is 0. The van der Waals surface area contributed by atoms with Crippen LogP contribution in [-0.2, 0) is 57.1 Å². The number of hydrogen-bond acceptors (Lipinski definition) is 14. The molecule has 15 heteroatoms. The third-order valence-corrected chi connectivity index (χ3v) is 14.6. The minimum Gasteiger partial charge on any atom is -0.498 e. The van der Waals surface area contributed by atoms with Crippen LogP contribution in [0.25, 0.3) is 0 Å². The van der Waals surface area contributed by atoms with Crippen molar-refractivity contribution in [2.45, 2.75) is 273 Å². The molecule has 0 aromatic carbocycles. The van der Waals surface area contributed by atoms with Gasteiger partial charge in [0, 0.05) is 63.8 Å². The van der Waals surface area contributed by atoms with Gasteiger partial charge in [-0.15, -0.1) is 0 Å². The van der Waals surface area contributed by atoms with Crippen molar-refractivity contribution >= 4 is 36.8 Å². The van der Waals surface area contributed by atoms with E-state index in [9.17, 15) is 28.8 Å². The summed E-state index contributed by atoms with van der Waals surface area (Å²) in [6, 6.07) is -0.167. The van der Waals surface area contributed by atoms with Crippen LogP contribution in [0.3, 0.4) is 0 Å². The number of likely N-dealkylation sites (tertiary alicyclic amines) is 2. The number of methoxy groups -OCH3 is 2. The topological polar surface area (TPSA) is 174 Å². The lowest BCUT2D eigenvalue weighted by atomic mass is 9.97. The van der Waals surface area contributed by atoms with Crippen LogP contribution in [0.15, 0.2) is 12.3 Å². The Morgan fingerprint density at radius 1 is 0.543 bits per heavy atom. The molecule has 0 radical (unpaired) electrons. The molecular weight excluding hydrogens is 1030 g/mol. The second-order valence-corrected chi connectivity index (χ2v) is 22.1. The zero-order valence-electron chi connectivity index (χ0n) is 54.1. The number of esters is 3. The normalized spacial score (nSPS) is 16.3. The van der Waals surface area contributed by atoms with Crippen molar-refractivity contribution in [2.24, 2.45) is 23.7 Å². The fourth-order valence-electron chi connectivity index (χ4n) is 9.57. The molecule has 2 aliphatic rings. The molecule has 0 spiro atoms. The van der Waals surface area contributed by atoms with E-state index in [2.05, 4.69) is 60.1 Å². The van der Waals surface area contributed by atoms with Crippen molar-refractivity contribution < 1.29 is 61.9 Å². The Kier molecular flexibility index (Phi) is 62.7. The predicted molar refractivity (Wildman–Crippen MR) is 330 cm³/mol. The van der Waals surface area contributed by atoms with Crippen molar-refractivity contribution in [3.05, 3.63) is 12.3 Å². The third kappa shape index (κ3) is 52.8. The van der Waals surface area contributed by atoms with E-state index in [1.807, 2.05) is 13.8 Å². The Bertz CT molecular complexity index is 1460. The van der Waals surface area contributed by atoms with Crippen LogP contribution in [0.2, 0.25) is 0 Å².